The predicted molar refractivity (Wildman–Crippen MR) is 64.0 cm³/mol. The fourth-order valence-corrected chi connectivity index (χ4v) is 1.83. The Morgan fingerprint density at radius 3 is 3.19 bits per heavy atom. The summed E-state index contributed by atoms with van der Waals surface area (Å²) in [6.07, 6.45) is 6.75. The predicted octanol–water partition coefficient (Wildman–Crippen LogP) is 1.18. The second kappa shape index (κ2) is 8.16. The number of rotatable bonds is 6. The average Bonchev–Trinajstić information content (AvgIpc) is 2.57. The standard InChI is InChI=1S/C12H22N2O2/c1-2-16-10-6-9-14-12(15)11-7-4-3-5-8-13-11/h2,11,13H,1,3-10H2,(H,14,15). The van der Waals surface area contributed by atoms with Gasteiger partial charge in [0.1, 0.15) is 0 Å². The van der Waals surface area contributed by atoms with E-state index in [2.05, 4.69) is 17.2 Å². The summed E-state index contributed by atoms with van der Waals surface area (Å²) >= 11 is 0. The molecular weight excluding hydrogens is 204 g/mol. The Labute approximate surface area is 97.4 Å². The smallest absolute Gasteiger partial charge is 0.237 e. The highest BCUT2D eigenvalue weighted by Gasteiger charge is 2.18. The van der Waals surface area contributed by atoms with Gasteiger partial charge in [0.2, 0.25) is 5.91 Å². The zero-order chi connectivity index (χ0) is 11.6. The van der Waals surface area contributed by atoms with Crippen molar-refractivity contribution < 1.29 is 9.53 Å². The van der Waals surface area contributed by atoms with Gasteiger partial charge >= 0.3 is 0 Å². The van der Waals surface area contributed by atoms with Gasteiger partial charge in [0.05, 0.1) is 18.9 Å². The Morgan fingerprint density at radius 2 is 2.38 bits per heavy atom. The minimum Gasteiger partial charge on any atom is -0.502 e. The molecule has 1 aliphatic heterocycles. The third-order valence-electron chi connectivity index (χ3n) is 2.73. The molecule has 0 aromatic rings. The molecule has 4 nitrogen and oxygen atoms in total. The maximum absolute atomic E-state index is 11.7. The van der Waals surface area contributed by atoms with Crippen molar-refractivity contribution in [3.8, 4) is 0 Å². The molecule has 0 spiro atoms. The van der Waals surface area contributed by atoms with E-state index in [9.17, 15) is 4.79 Å². The van der Waals surface area contributed by atoms with Crippen molar-refractivity contribution in [1.29, 1.82) is 0 Å². The van der Waals surface area contributed by atoms with Gasteiger partial charge in [-0.2, -0.15) is 0 Å². The van der Waals surface area contributed by atoms with Crippen LogP contribution in [0.1, 0.15) is 32.1 Å². The van der Waals surface area contributed by atoms with Crippen LogP contribution in [-0.2, 0) is 9.53 Å². The number of carbonyl (C=O) groups excluding carboxylic acids is 1. The zero-order valence-electron chi connectivity index (χ0n) is 9.84. The number of hydrogen-bond donors (Lipinski definition) is 2. The van der Waals surface area contributed by atoms with E-state index in [1.54, 1.807) is 0 Å². The molecule has 4 heteroatoms. The average molecular weight is 226 g/mol. The summed E-state index contributed by atoms with van der Waals surface area (Å²) in [6.45, 7) is 5.70. The topological polar surface area (TPSA) is 50.4 Å². The van der Waals surface area contributed by atoms with Gasteiger partial charge in [0.25, 0.3) is 0 Å². The molecule has 0 aliphatic carbocycles. The minimum absolute atomic E-state index is 0.00261. The van der Waals surface area contributed by atoms with Crippen LogP contribution in [0, 0.1) is 0 Å². The fraction of sp³-hybridized carbons (Fsp3) is 0.750. The molecule has 0 radical (unpaired) electrons. The van der Waals surface area contributed by atoms with Gasteiger partial charge in [0, 0.05) is 6.54 Å². The molecule has 0 saturated carbocycles. The van der Waals surface area contributed by atoms with E-state index in [1.807, 2.05) is 0 Å². The van der Waals surface area contributed by atoms with Gasteiger partial charge in [-0.3, -0.25) is 4.79 Å². The first-order valence-electron chi connectivity index (χ1n) is 6.08. The van der Waals surface area contributed by atoms with Crippen LogP contribution in [0.2, 0.25) is 0 Å². The van der Waals surface area contributed by atoms with E-state index in [4.69, 9.17) is 4.74 Å². The summed E-state index contributed by atoms with van der Waals surface area (Å²) in [5.41, 5.74) is 0. The van der Waals surface area contributed by atoms with E-state index < -0.39 is 0 Å². The lowest BCUT2D eigenvalue weighted by molar-refractivity contribution is -0.123. The Balaban J connectivity index is 2.10. The zero-order valence-corrected chi connectivity index (χ0v) is 9.84. The molecule has 1 atom stereocenters. The van der Waals surface area contributed by atoms with E-state index >= 15 is 0 Å². The quantitative estimate of drug-likeness (QED) is 0.528. The van der Waals surface area contributed by atoms with Crippen LogP contribution < -0.4 is 10.6 Å². The van der Waals surface area contributed by atoms with Crippen LogP contribution in [0.25, 0.3) is 0 Å². The molecule has 1 rings (SSSR count). The van der Waals surface area contributed by atoms with E-state index in [-0.39, 0.29) is 11.9 Å². The first-order valence-corrected chi connectivity index (χ1v) is 6.08. The molecule has 1 aliphatic rings. The summed E-state index contributed by atoms with van der Waals surface area (Å²) in [6, 6.07) is 0.00261. The van der Waals surface area contributed by atoms with E-state index in [1.165, 1.54) is 19.1 Å². The molecule has 92 valence electrons. The Kier molecular flexibility index (Phi) is 6.65. The summed E-state index contributed by atoms with van der Waals surface area (Å²) in [5, 5.41) is 6.20. The molecule has 1 saturated heterocycles. The molecule has 0 aromatic carbocycles. The minimum atomic E-state index is 0.00261. The third kappa shape index (κ3) is 5.16. The molecule has 1 heterocycles. The van der Waals surface area contributed by atoms with Gasteiger partial charge in [0.15, 0.2) is 0 Å². The lowest BCUT2D eigenvalue weighted by Crippen LogP contribution is -2.44. The lowest BCUT2D eigenvalue weighted by atomic mass is 10.1. The maximum Gasteiger partial charge on any atom is 0.237 e. The van der Waals surface area contributed by atoms with Crippen LogP contribution in [0.3, 0.4) is 0 Å². The Hall–Kier alpha value is -1.03. The monoisotopic (exact) mass is 226 g/mol. The van der Waals surface area contributed by atoms with Crippen molar-refractivity contribution in [2.75, 3.05) is 19.7 Å². The van der Waals surface area contributed by atoms with Gasteiger partial charge in [-0.15, -0.1) is 0 Å². The largest absolute Gasteiger partial charge is 0.502 e. The number of nitrogens with one attached hydrogen (secondary N) is 2. The highest BCUT2D eigenvalue weighted by molar-refractivity contribution is 5.81. The molecule has 0 bridgehead atoms. The van der Waals surface area contributed by atoms with Gasteiger partial charge in [-0.05, 0) is 25.8 Å². The van der Waals surface area contributed by atoms with Crippen molar-refractivity contribution in [3.63, 3.8) is 0 Å². The van der Waals surface area contributed by atoms with Crippen molar-refractivity contribution in [3.05, 3.63) is 12.8 Å². The molecule has 1 fully saturated rings. The summed E-state index contributed by atoms with van der Waals surface area (Å²) in [5.74, 6) is 0.125. The molecule has 1 amide bonds. The van der Waals surface area contributed by atoms with Gasteiger partial charge in [-0.25, -0.2) is 0 Å². The van der Waals surface area contributed by atoms with Crippen molar-refractivity contribution in [2.45, 2.75) is 38.1 Å². The fourth-order valence-electron chi connectivity index (χ4n) is 1.83. The SMILES string of the molecule is C=COCCCNC(=O)C1CCCCCN1. The second-order valence-electron chi connectivity index (χ2n) is 4.04. The van der Waals surface area contributed by atoms with Crippen LogP contribution >= 0.6 is 0 Å². The molecule has 1 unspecified atom stereocenters. The van der Waals surface area contributed by atoms with Crippen LogP contribution in [0.4, 0.5) is 0 Å². The van der Waals surface area contributed by atoms with E-state index in [0.717, 1.165) is 25.8 Å². The summed E-state index contributed by atoms with van der Waals surface area (Å²) in [7, 11) is 0. The highest BCUT2D eigenvalue weighted by Crippen LogP contribution is 2.08. The number of amides is 1. The number of hydrogen-bond acceptors (Lipinski definition) is 3. The number of ether oxygens (including phenoxy) is 1. The van der Waals surface area contributed by atoms with Crippen LogP contribution in [0.5, 0.6) is 0 Å². The maximum atomic E-state index is 11.7. The lowest BCUT2D eigenvalue weighted by Gasteiger charge is -2.15. The Morgan fingerprint density at radius 1 is 1.50 bits per heavy atom. The molecular formula is C12H22N2O2. The van der Waals surface area contributed by atoms with Crippen molar-refractivity contribution in [2.24, 2.45) is 0 Å². The third-order valence-corrected chi connectivity index (χ3v) is 2.73. The normalized spacial score (nSPS) is 20.9. The summed E-state index contributed by atoms with van der Waals surface area (Å²) in [4.78, 5) is 11.7. The first-order chi connectivity index (χ1) is 7.84. The van der Waals surface area contributed by atoms with Crippen molar-refractivity contribution >= 4 is 5.91 Å². The second-order valence-corrected chi connectivity index (χ2v) is 4.04. The highest BCUT2D eigenvalue weighted by atomic mass is 16.5. The van der Waals surface area contributed by atoms with E-state index in [0.29, 0.717) is 13.2 Å². The van der Waals surface area contributed by atoms with Crippen LogP contribution in [0.15, 0.2) is 12.8 Å². The van der Waals surface area contributed by atoms with Crippen molar-refractivity contribution in [1.82, 2.24) is 10.6 Å². The number of carbonyl (C=O) groups is 1. The summed E-state index contributed by atoms with van der Waals surface area (Å²) < 4.78 is 4.98. The van der Waals surface area contributed by atoms with Gasteiger partial charge in [-0.1, -0.05) is 19.4 Å². The van der Waals surface area contributed by atoms with Crippen LogP contribution in [-0.4, -0.2) is 31.6 Å². The first kappa shape index (κ1) is 13.0. The molecule has 2 N–H and O–H groups in total. The van der Waals surface area contributed by atoms with Gasteiger partial charge < -0.3 is 15.4 Å². The molecule has 16 heavy (non-hydrogen) atoms. The Bertz CT molecular complexity index is 211. The molecule has 0 aromatic heterocycles.